The fourth-order valence-electron chi connectivity index (χ4n) is 3.51. The summed E-state index contributed by atoms with van der Waals surface area (Å²) in [6, 6.07) is 4.75. The third kappa shape index (κ3) is 2.04. The number of aromatic amines is 1. The maximum absolute atomic E-state index is 10.8. The molecule has 0 amide bonds. The predicted octanol–water partition coefficient (Wildman–Crippen LogP) is 1.66. The molecule has 1 aromatic heterocycles. The molecule has 0 bridgehead atoms. The summed E-state index contributed by atoms with van der Waals surface area (Å²) in [4.78, 5) is 20.5. The van der Waals surface area contributed by atoms with Crippen LogP contribution in [0, 0.1) is 15.5 Å². The minimum absolute atomic E-state index is 0.0931. The number of nitro benzene ring substituents is 1. The van der Waals surface area contributed by atoms with E-state index >= 15 is 0 Å². The lowest BCUT2D eigenvalue weighted by molar-refractivity contribution is -0.384. The summed E-state index contributed by atoms with van der Waals surface area (Å²) in [5, 5.41) is 14.3. The van der Waals surface area contributed by atoms with Crippen LogP contribution in [0.3, 0.4) is 0 Å². The Morgan fingerprint density at radius 3 is 3.05 bits per heavy atom. The monoisotopic (exact) mass is 287 g/mol. The molecule has 2 saturated heterocycles. The quantitative estimate of drug-likeness (QED) is 0.648. The van der Waals surface area contributed by atoms with Crippen molar-refractivity contribution < 1.29 is 4.92 Å². The first-order valence-electron chi connectivity index (χ1n) is 7.25. The SMILES string of the molecule is O=[N+]([O-])c1ccc2nc(N3CCC4(CCNC4)C3)[nH]c2c1. The van der Waals surface area contributed by atoms with Crippen LogP contribution in [0.2, 0.25) is 0 Å². The summed E-state index contributed by atoms with van der Waals surface area (Å²) < 4.78 is 0. The fourth-order valence-corrected chi connectivity index (χ4v) is 3.51. The van der Waals surface area contributed by atoms with E-state index in [1.165, 1.54) is 18.9 Å². The van der Waals surface area contributed by atoms with Gasteiger partial charge in [0, 0.05) is 37.2 Å². The van der Waals surface area contributed by atoms with E-state index in [0.717, 1.165) is 43.2 Å². The van der Waals surface area contributed by atoms with E-state index < -0.39 is 0 Å². The minimum atomic E-state index is -0.380. The summed E-state index contributed by atoms with van der Waals surface area (Å²) in [6.07, 6.45) is 2.40. The van der Waals surface area contributed by atoms with Gasteiger partial charge in [0.2, 0.25) is 5.95 Å². The summed E-state index contributed by atoms with van der Waals surface area (Å²) in [7, 11) is 0. The van der Waals surface area contributed by atoms with Gasteiger partial charge >= 0.3 is 0 Å². The van der Waals surface area contributed by atoms with Crippen LogP contribution in [0.1, 0.15) is 12.8 Å². The van der Waals surface area contributed by atoms with Gasteiger partial charge in [0.15, 0.2) is 0 Å². The van der Waals surface area contributed by atoms with Crippen LogP contribution >= 0.6 is 0 Å². The normalized spacial score (nSPS) is 25.2. The summed E-state index contributed by atoms with van der Waals surface area (Å²) >= 11 is 0. The number of hydrogen-bond acceptors (Lipinski definition) is 5. The highest BCUT2D eigenvalue weighted by atomic mass is 16.6. The molecule has 7 nitrogen and oxygen atoms in total. The number of rotatable bonds is 2. The van der Waals surface area contributed by atoms with Crippen molar-refractivity contribution in [2.75, 3.05) is 31.1 Å². The minimum Gasteiger partial charge on any atom is -0.342 e. The molecule has 1 spiro atoms. The predicted molar refractivity (Wildman–Crippen MR) is 79.5 cm³/mol. The van der Waals surface area contributed by atoms with Crippen LogP contribution in [0.15, 0.2) is 18.2 Å². The first-order chi connectivity index (χ1) is 10.2. The third-order valence-corrected chi connectivity index (χ3v) is 4.73. The van der Waals surface area contributed by atoms with Crippen LogP contribution < -0.4 is 10.2 Å². The number of hydrogen-bond donors (Lipinski definition) is 2. The summed E-state index contributed by atoms with van der Waals surface area (Å²) in [6.45, 7) is 4.17. The number of anilines is 1. The smallest absolute Gasteiger partial charge is 0.271 e. The van der Waals surface area contributed by atoms with Crippen molar-refractivity contribution in [2.24, 2.45) is 5.41 Å². The van der Waals surface area contributed by atoms with Crippen LogP contribution in [0.5, 0.6) is 0 Å². The van der Waals surface area contributed by atoms with Crippen molar-refractivity contribution in [3.8, 4) is 0 Å². The number of aromatic nitrogens is 2. The molecule has 7 heteroatoms. The van der Waals surface area contributed by atoms with Crippen LogP contribution in [-0.2, 0) is 0 Å². The second-order valence-corrected chi connectivity index (χ2v) is 6.12. The molecule has 2 aliphatic heterocycles. The molecule has 1 atom stereocenters. The highest BCUT2D eigenvalue weighted by Crippen LogP contribution is 2.37. The van der Waals surface area contributed by atoms with Gasteiger partial charge in [0.1, 0.15) is 0 Å². The van der Waals surface area contributed by atoms with E-state index in [1.54, 1.807) is 12.1 Å². The van der Waals surface area contributed by atoms with Gasteiger partial charge in [-0.05, 0) is 25.5 Å². The van der Waals surface area contributed by atoms with Crippen molar-refractivity contribution in [3.63, 3.8) is 0 Å². The topological polar surface area (TPSA) is 87.1 Å². The Hall–Kier alpha value is -2.15. The van der Waals surface area contributed by atoms with Crippen molar-refractivity contribution in [3.05, 3.63) is 28.3 Å². The largest absolute Gasteiger partial charge is 0.342 e. The van der Waals surface area contributed by atoms with Gasteiger partial charge in [-0.2, -0.15) is 0 Å². The average molecular weight is 287 g/mol. The number of fused-ring (bicyclic) bond motifs is 1. The Morgan fingerprint density at radius 1 is 1.38 bits per heavy atom. The lowest BCUT2D eigenvalue weighted by Gasteiger charge is -2.22. The number of benzene rings is 1. The highest BCUT2D eigenvalue weighted by Gasteiger charge is 2.41. The van der Waals surface area contributed by atoms with Gasteiger partial charge in [-0.15, -0.1) is 0 Å². The number of non-ortho nitro benzene ring substituents is 1. The zero-order valence-electron chi connectivity index (χ0n) is 11.6. The fraction of sp³-hybridized carbons (Fsp3) is 0.500. The van der Waals surface area contributed by atoms with E-state index in [-0.39, 0.29) is 10.6 Å². The molecule has 3 heterocycles. The maximum Gasteiger partial charge on any atom is 0.271 e. The van der Waals surface area contributed by atoms with Gasteiger partial charge in [-0.25, -0.2) is 4.98 Å². The molecule has 1 aromatic carbocycles. The van der Waals surface area contributed by atoms with E-state index in [4.69, 9.17) is 0 Å². The molecule has 21 heavy (non-hydrogen) atoms. The molecule has 0 saturated carbocycles. The number of nitrogens with one attached hydrogen (secondary N) is 2. The van der Waals surface area contributed by atoms with Crippen molar-refractivity contribution in [2.45, 2.75) is 12.8 Å². The Labute approximate surface area is 121 Å². The van der Waals surface area contributed by atoms with Crippen molar-refractivity contribution in [1.82, 2.24) is 15.3 Å². The standard InChI is InChI=1S/C14H17N5O2/c20-19(21)10-1-2-11-12(7-10)17-13(16-11)18-6-4-14(9-18)3-5-15-8-14/h1-2,7,15H,3-6,8-9H2,(H,16,17). The highest BCUT2D eigenvalue weighted by molar-refractivity contribution is 5.80. The number of nitro groups is 1. The molecule has 110 valence electrons. The van der Waals surface area contributed by atoms with Crippen molar-refractivity contribution >= 4 is 22.7 Å². The van der Waals surface area contributed by atoms with Gasteiger partial charge in [0.25, 0.3) is 5.69 Å². The Balaban J connectivity index is 1.63. The van der Waals surface area contributed by atoms with Gasteiger partial charge in [-0.3, -0.25) is 10.1 Å². The molecule has 2 fully saturated rings. The second kappa shape index (κ2) is 4.42. The Bertz CT molecular complexity index is 704. The first kappa shape index (κ1) is 12.6. The lowest BCUT2D eigenvalue weighted by atomic mass is 9.87. The third-order valence-electron chi connectivity index (χ3n) is 4.73. The average Bonchev–Trinajstić information content (AvgIpc) is 3.19. The van der Waals surface area contributed by atoms with Crippen molar-refractivity contribution in [1.29, 1.82) is 0 Å². The van der Waals surface area contributed by atoms with Crippen LogP contribution in [0.25, 0.3) is 11.0 Å². The number of nitrogens with zero attached hydrogens (tertiary/aromatic N) is 3. The summed E-state index contributed by atoms with van der Waals surface area (Å²) in [5.74, 6) is 0.828. The van der Waals surface area contributed by atoms with E-state index in [2.05, 4.69) is 20.2 Å². The second-order valence-electron chi connectivity index (χ2n) is 6.12. The molecule has 1 unspecified atom stereocenters. The zero-order chi connectivity index (χ0) is 14.4. The molecule has 2 aromatic rings. The Kier molecular flexibility index (Phi) is 2.65. The van der Waals surface area contributed by atoms with E-state index in [9.17, 15) is 10.1 Å². The zero-order valence-corrected chi connectivity index (χ0v) is 11.6. The van der Waals surface area contributed by atoms with Crippen LogP contribution in [0.4, 0.5) is 11.6 Å². The van der Waals surface area contributed by atoms with E-state index in [1.807, 2.05) is 0 Å². The summed E-state index contributed by atoms with van der Waals surface area (Å²) in [5.41, 5.74) is 1.98. The Morgan fingerprint density at radius 2 is 2.29 bits per heavy atom. The number of imidazole rings is 1. The molecule has 2 N–H and O–H groups in total. The molecular formula is C14H17N5O2. The molecule has 2 aliphatic rings. The maximum atomic E-state index is 10.8. The van der Waals surface area contributed by atoms with Gasteiger partial charge in [0.05, 0.1) is 16.0 Å². The first-order valence-corrected chi connectivity index (χ1v) is 7.25. The molecule has 0 radical (unpaired) electrons. The molecule has 0 aliphatic carbocycles. The van der Waals surface area contributed by atoms with E-state index in [0.29, 0.717) is 5.41 Å². The molecular weight excluding hydrogens is 270 g/mol. The molecule has 4 rings (SSSR count). The van der Waals surface area contributed by atoms with Gasteiger partial charge < -0.3 is 15.2 Å². The lowest BCUT2D eigenvalue weighted by Crippen LogP contribution is -2.29. The van der Waals surface area contributed by atoms with Crippen LogP contribution in [-0.4, -0.2) is 41.1 Å². The van der Waals surface area contributed by atoms with Gasteiger partial charge in [-0.1, -0.05) is 0 Å². The number of H-pyrrole nitrogens is 1.